The van der Waals surface area contributed by atoms with Crippen molar-refractivity contribution >= 4 is 28.6 Å². The Morgan fingerprint density at radius 3 is 2.60 bits per heavy atom. The summed E-state index contributed by atoms with van der Waals surface area (Å²) < 4.78 is 13.3. The van der Waals surface area contributed by atoms with E-state index in [1.54, 1.807) is 12.1 Å². The molecule has 156 valence electrons. The molecule has 1 saturated heterocycles. The molecule has 0 saturated carbocycles. The van der Waals surface area contributed by atoms with E-state index in [2.05, 4.69) is 28.3 Å². The fourth-order valence-corrected chi connectivity index (χ4v) is 4.70. The van der Waals surface area contributed by atoms with E-state index in [0.717, 1.165) is 58.7 Å². The molecular weight excluding hydrogens is 399 g/mol. The molecule has 3 aromatic rings. The van der Waals surface area contributed by atoms with Gasteiger partial charge in [0.25, 0.3) is 0 Å². The summed E-state index contributed by atoms with van der Waals surface area (Å²) >= 11 is 1.51. The summed E-state index contributed by atoms with van der Waals surface area (Å²) in [6.07, 6.45) is 0.236. The van der Waals surface area contributed by atoms with Crippen molar-refractivity contribution in [1.29, 1.82) is 0 Å². The van der Waals surface area contributed by atoms with E-state index in [1.165, 1.54) is 28.4 Å². The number of halogens is 1. The number of amides is 1. The van der Waals surface area contributed by atoms with Gasteiger partial charge in [0, 0.05) is 10.4 Å². The highest BCUT2D eigenvalue weighted by molar-refractivity contribution is 7.12. The number of hydrogen-bond donors (Lipinski definition) is 2. The van der Waals surface area contributed by atoms with Crippen molar-refractivity contribution in [1.82, 2.24) is 4.98 Å². The number of carbonyl (C=O) groups is 1. The minimum Gasteiger partial charge on any atom is -0.359 e. The smallest absolute Gasteiger partial charge is 0.229 e. The second kappa shape index (κ2) is 8.93. The third-order valence-electron chi connectivity index (χ3n) is 5.38. The molecule has 1 fully saturated rings. The molecule has 2 N–H and O–H groups in total. The lowest BCUT2D eigenvalue weighted by molar-refractivity contribution is -0.880. The zero-order chi connectivity index (χ0) is 21.1. The molecule has 0 spiro atoms. The van der Waals surface area contributed by atoms with Crippen LogP contribution in [0.5, 0.6) is 0 Å². The van der Waals surface area contributed by atoms with E-state index in [9.17, 15) is 9.18 Å². The van der Waals surface area contributed by atoms with Crippen LogP contribution >= 0.6 is 11.3 Å². The SMILES string of the molecule is Cc1nc(-c2ccc(F)cc2)c(CC(=O)Nc2ccccc2N2CC[NH+](C)CC2)s1. The summed E-state index contributed by atoms with van der Waals surface area (Å²) in [6, 6.07) is 14.2. The Balaban J connectivity index is 1.51. The minimum absolute atomic E-state index is 0.0748. The Hall–Kier alpha value is -2.77. The van der Waals surface area contributed by atoms with Crippen LogP contribution in [0.1, 0.15) is 9.88 Å². The average molecular weight is 426 g/mol. The highest BCUT2D eigenvalue weighted by Crippen LogP contribution is 2.30. The predicted octanol–water partition coefficient (Wildman–Crippen LogP) is 2.77. The molecule has 1 amide bonds. The van der Waals surface area contributed by atoms with Crippen LogP contribution < -0.4 is 15.1 Å². The Morgan fingerprint density at radius 1 is 1.17 bits per heavy atom. The number of nitrogens with one attached hydrogen (secondary N) is 2. The number of nitrogens with zero attached hydrogens (tertiary/aromatic N) is 2. The highest BCUT2D eigenvalue weighted by Gasteiger charge is 2.21. The van der Waals surface area contributed by atoms with Crippen molar-refractivity contribution < 1.29 is 14.1 Å². The molecule has 7 heteroatoms. The van der Waals surface area contributed by atoms with Gasteiger partial charge in [-0.3, -0.25) is 4.79 Å². The number of aryl methyl sites for hydroxylation is 1. The van der Waals surface area contributed by atoms with E-state index in [-0.39, 0.29) is 18.1 Å². The molecule has 30 heavy (non-hydrogen) atoms. The molecule has 1 aromatic heterocycles. The van der Waals surface area contributed by atoms with Crippen molar-refractivity contribution in [3.05, 3.63) is 64.2 Å². The molecular formula is C23H26FN4OS+. The molecule has 2 aromatic carbocycles. The number of thiazole rings is 1. The second-order valence-electron chi connectivity index (χ2n) is 7.70. The molecule has 0 atom stereocenters. The van der Waals surface area contributed by atoms with Crippen molar-refractivity contribution in [2.45, 2.75) is 13.3 Å². The van der Waals surface area contributed by atoms with Gasteiger partial charge in [-0.1, -0.05) is 12.1 Å². The molecule has 0 bridgehead atoms. The molecule has 2 heterocycles. The third-order valence-corrected chi connectivity index (χ3v) is 6.35. The number of rotatable bonds is 5. The lowest BCUT2D eigenvalue weighted by atomic mass is 10.1. The van der Waals surface area contributed by atoms with Gasteiger partial charge in [-0.05, 0) is 43.3 Å². The third kappa shape index (κ3) is 4.68. The fraction of sp³-hybridized carbons (Fsp3) is 0.304. The molecule has 0 aliphatic carbocycles. The number of hydrogen-bond acceptors (Lipinski definition) is 4. The molecule has 0 unspecified atom stereocenters. The zero-order valence-electron chi connectivity index (χ0n) is 17.2. The highest BCUT2D eigenvalue weighted by atomic mass is 32.1. The summed E-state index contributed by atoms with van der Waals surface area (Å²) in [7, 11) is 2.21. The molecule has 4 rings (SSSR count). The van der Waals surface area contributed by atoms with E-state index in [0.29, 0.717) is 0 Å². The Bertz CT molecular complexity index is 1030. The fourth-order valence-electron chi connectivity index (χ4n) is 3.75. The molecule has 1 aliphatic rings. The standard InChI is InChI=1S/C23H25FN4OS/c1-16-25-23(17-7-9-18(24)10-8-17)21(30-16)15-22(29)26-19-5-3-4-6-20(19)28-13-11-27(2)12-14-28/h3-10H,11-15H2,1-2H3,(H,26,29)/p+1. The number of benzene rings is 2. The van der Waals surface area contributed by atoms with Gasteiger partial charge in [0.05, 0.1) is 61.7 Å². The zero-order valence-corrected chi connectivity index (χ0v) is 18.1. The van der Waals surface area contributed by atoms with Crippen LogP contribution in [0, 0.1) is 12.7 Å². The van der Waals surface area contributed by atoms with Crippen LogP contribution in [0.3, 0.4) is 0 Å². The van der Waals surface area contributed by atoms with Gasteiger partial charge in [-0.25, -0.2) is 9.37 Å². The van der Waals surface area contributed by atoms with Crippen LogP contribution in [-0.2, 0) is 11.2 Å². The van der Waals surface area contributed by atoms with Crippen molar-refractivity contribution in [2.75, 3.05) is 43.4 Å². The van der Waals surface area contributed by atoms with Gasteiger partial charge < -0.3 is 15.1 Å². The summed E-state index contributed by atoms with van der Waals surface area (Å²) in [5, 5.41) is 3.98. The van der Waals surface area contributed by atoms with Gasteiger partial charge in [-0.15, -0.1) is 11.3 Å². The van der Waals surface area contributed by atoms with Gasteiger partial charge >= 0.3 is 0 Å². The number of piperazine rings is 1. The molecule has 0 radical (unpaired) electrons. The molecule has 5 nitrogen and oxygen atoms in total. The number of quaternary nitrogens is 1. The Kier molecular flexibility index (Phi) is 6.11. The van der Waals surface area contributed by atoms with Crippen molar-refractivity contribution in [3.8, 4) is 11.3 Å². The topological polar surface area (TPSA) is 49.7 Å². The van der Waals surface area contributed by atoms with Crippen LogP contribution in [0.15, 0.2) is 48.5 Å². The van der Waals surface area contributed by atoms with E-state index in [1.807, 2.05) is 25.1 Å². The maximum Gasteiger partial charge on any atom is 0.229 e. The maximum atomic E-state index is 13.3. The second-order valence-corrected chi connectivity index (χ2v) is 8.99. The van der Waals surface area contributed by atoms with Gasteiger partial charge in [-0.2, -0.15) is 0 Å². The lowest BCUT2D eigenvalue weighted by Gasteiger charge is -2.33. The Morgan fingerprint density at radius 2 is 1.87 bits per heavy atom. The number of anilines is 2. The number of likely N-dealkylation sites (N-methyl/N-ethyl adjacent to an activating group) is 1. The van der Waals surface area contributed by atoms with Gasteiger partial charge in [0.15, 0.2) is 0 Å². The van der Waals surface area contributed by atoms with E-state index in [4.69, 9.17) is 0 Å². The predicted molar refractivity (Wildman–Crippen MR) is 120 cm³/mol. The summed E-state index contributed by atoms with van der Waals surface area (Å²) in [5.41, 5.74) is 3.48. The number of aromatic nitrogens is 1. The normalized spacial score (nSPS) is 14.7. The number of carbonyl (C=O) groups excluding carboxylic acids is 1. The first-order valence-corrected chi connectivity index (χ1v) is 11.0. The first-order chi connectivity index (χ1) is 14.5. The van der Waals surface area contributed by atoms with E-state index >= 15 is 0 Å². The van der Waals surface area contributed by atoms with Crippen LogP contribution in [0.25, 0.3) is 11.3 Å². The summed E-state index contributed by atoms with van der Waals surface area (Å²) in [4.78, 5) is 22.2. The average Bonchev–Trinajstić information content (AvgIpc) is 3.09. The summed E-state index contributed by atoms with van der Waals surface area (Å²) in [6.45, 7) is 6.04. The van der Waals surface area contributed by atoms with Crippen molar-refractivity contribution in [2.24, 2.45) is 0 Å². The molecule has 1 aliphatic heterocycles. The van der Waals surface area contributed by atoms with Crippen molar-refractivity contribution in [3.63, 3.8) is 0 Å². The van der Waals surface area contributed by atoms with E-state index < -0.39 is 0 Å². The van der Waals surface area contributed by atoms with Gasteiger partial charge in [0.1, 0.15) is 5.82 Å². The van der Waals surface area contributed by atoms with Crippen LogP contribution in [0.2, 0.25) is 0 Å². The van der Waals surface area contributed by atoms with Gasteiger partial charge in [0.2, 0.25) is 5.91 Å². The monoisotopic (exact) mass is 425 g/mol. The minimum atomic E-state index is -0.285. The largest absolute Gasteiger partial charge is 0.359 e. The summed E-state index contributed by atoms with van der Waals surface area (Å²) in [5.74, 6) is -0.360. The first-order valence-electron chi connectivity index (χ1n) is 10.2. The Labute approximate surface area is 180 Å². The lowest BCUT2D eigenvalue weighted by Crippen LogP contribution is -3.12. The maximum absolute atomic E-state index is 13.3. The number of para-hydroxylation sites is 2. The van der Waals surface area contributed by atoms with Crippen LogP contribution in [-0.4, -0.2) is 44.1 Å². The quantitative estimate of drug-likeness (QED) is 0.661. The first kappa shape index (κ1) is 20.5. The van der Waals surface area contributed by atoms with Crippen LogP contribution in [0.4, 0.5) is 15.8 Å².